The Kier molecular flexibility index (Phi) is 13.9. The van der Waals surface area contributed by atoms with Gasteiger partial charge in [-0.25, -0.2) is 9.98 Å². The molecule has 22 heavy (non-hydrogen) atoms. The van der Waals surface area contributed by atoms with E-state index in [4.69, 9.17) is 9.47 Å². The highest BCUT2D eigenvalue weighted by molar-refractivity contribution is 14.0. The van der Waals surface area contributed by atoms with Crippen molar-refractivity contribution in [1.29, 1.82) is 0 Å². The molecule has 128 valence electrons. The zero-order valence-electron chi connectivity index (χ0n) is 13.6. The molecule has 0 aliphatic heterocycles. The second kappa shape index (κ2) is 14.2. The summed E-state index contributed by atoms with van der Waals surface area (Å²) in [5.41, 5.74) is 0. The fourth-order valence-corrected chi connectivity index (χ4v) is 2.30. The van der Waals surface area contributed by atoms with Gasteiger partial charge in [-0.3, -0.25) is 0 Å². The van der Waals surface area contributed by atoms with Crippen molar-refractivity contribution >= 4 is 41.3 Å². The van der Waals surface area contributed by atoms with E-state index in [1.807, 2.05) is 6.20 Å². The van der Waals surface area contributed by atoms with Crippen LogP contribution in [0.5, 0.6) is 0 Å². The van der Waals surface area contributed by atoms with Crippen LogP contribution in [0.3, 0.4) is 0 Å². The number of hydrogen-bond donors (Lipinski definition) is 2. The van der Waals surface area contributed by atoms with E-state index < -0.39 is 0 Å². The Hall–Kier alpha value is -0.450. The lowest BCUT2D eigenvalue weighted by Gasteiger charge is -2.11. The van der Waals surface area contributed by atoms with Crippen molar-refractivity contribution in [3.8, 4) is 0 Å². The van der Waals surface area contributed by atoms with E-state index in [1.54, 1.807) is 18.4 Å². The van der Waals surface area contributed by atoms with Gasteiger partial charge in [0.15, 0.2) is 5.96 Å². The molecule has 0 spiro atoms. The molecule has 1 aromatic heterocycles. The molecule has 0 bridgehead atoms. The van der Waals surface area contributed by atoms with Crippen molar-refractivity contribution in [2.45, 2.75) is 26.8 Å². The molecule has 0 radical (unpaired) electrons. The van der Waals surface area contributed by atoms with Gasteiger partial charge < -0.3 is 20.1 Å². The first-order valence-electron chi connectivity index (χ1n) is 7.26. The quantitative estimate of drug-likeness (QED) is 0.252. The molecule has 0 amide bonds. The van der Waals surface area contributed by atoms with E-state index in [9.17, 15) is 0 Å². The average Bonchev–Trinajstić information content (AvgIpc) is 2.89. The summed E-state index contributed by atoms with van der Waals surface area (Å²) in [6, 6.07) is 0. The average molecular weight is 442 g/mol. The number of ether oxygens (including phenoxy) is 2. The number of nitrogens with zero attached hydrogens (tertiary/aromatic N) is 2. The van der Waals surface area contributed by atoms with Crippen LogP contribution in [-0.4, -0.2) is 51.0 Å². The number of rotatable bonds is 10. The Labute approximate surface area is 154 Å². The Morgan fingerprint density at radius 1 is 1.32 bits per heavy atom. The third-order valence-electron chi connectivity index (χ3n) is 2.58. The lowest BCUT2D eigenvalue weighted by atomic mass is 10.4. The lowest BCUT2D eigenvalue weighted by Crippen LogP contribution is -2.38. The number of aryl methyl sites for hydroxylation is 1. The first-order valence-corrected chi connectivity index (χ1v) is 8.08. The van der Waals surface area contributed by atoms with Crippen LogP contribution >= 0.6 is 35.3 Å². The van der Waals surface area contributed by atoms with E-state index in [0.29, 0.717) is 19.8 Å². The molecule has 0 aliphatic carbocycles. The van der Waals surface area contributed by atoms with Crippen molar-refractivity contribution < 1.29 is 9.47 Å². The summed E-state index contributed by atoms with van der Waals surface area (Å²) in [6.07, 6.45) is 2.82. The van der Waals surface area contributed by atoms with Gasteiger partial charge in [-0.2, -0.15) is 0 Å². The minimum atomic E-state index is 0. The SMILES string of the molecule is CCNC(=NCc1ncc(C)s1)NCCCOCCOC.I. The molecule has 2 N–H and O–H groups in total. The standard InChI is InChI=1S/C14H26N4O2S.HI/c1-4-15-14(16-6-5-7-20-9-8-19-3)18-11-13-17-10-12(2)21-13;/h10H,4-9,11H2,1-3H3,(H2,15,16,18);1H. The molecule has 0 atom stereocenters. The molecule has 0 aliphatic rings. The highest BCUT2D eigenvalue weighted by atomic mass is 127. The van der Waals surface area contributed by atoms with Gasteiger partial charge >= 0.3 is 0 Å². The van der Waals surface area contributed by atoms with E-state index in [-0.39, 0.29) is 24.0 Å². The van der Waals surface area contributed by atoms with Crippen molar-refractivity contribution in [1.82, 2.24) is 15.6 Å². The zero-order valence-corrected chi connectivity index (χ0v) is 16.7. The third kappa shape index (κ3) is 10.3. The number of thiazole rings is 1. The van der Waals surface area contributed by atoms with Crippen LogP contribution < -0.4 is 10.6 Å². The molecule has 6 nitrogen and oxygen atoms in total. The van der Waals surface area contributed by atoms with Gasteiger partial charge in [0.25, 0.3) is 0 Å². The van der Waals surface area contributed by atoms with Crippen molar-refractivity contribution in [2.24, 2.45) is 4.99 Å². The van der Waals surface area contributed by atoms with Gasteiger partial charge in [0.05, 0.1) is 19.8 Å². The summed E-state index contributed by atoms with van der Waals surface area (Å²) in [5.74, 6) is 0.822. The molecule has 1 rings (SSSR count). The van der Waals surface area contributed by atoms with Crippen LogP contribution in [0.1, 0.15) is 23.2 Å². The predicted octanol–water partition coefficient (Wildman–Crippen LogP) is 2.18. The second-order valence-electron chi connectivity index (χ2n) is 4.45. The maximum atomic E-state index is 5.41. The van der Waals surface area contributed by atoms with Crippen LogP contribution in [0.2, 0.25) is 0 Å². The minimum Gasteiger partial charge on any atom is -0.382 e. The second-order valence-corrected chi connectivity index (χ2v) is 5.76. The molecule has 0 saturated carbocycles. The van der Waals surface area contributed by atoms with Gasteiger partial charge in [0.2, 0.25) is 0 Å². The summed E-state index contributed by atoms with van der Waals surface area (Å²) < 4.78 is 10.3. The summed E-state index contributed by atoms with van der Waals surface area (Å²) >= 11 is 1.68. The smallest absolute Gasteiger partial charge is 0.191 e. The summed E-state index contributed by atoms with van der Waals surface area (Å²) in [6.45, 7) is 8.40. The number of hydrogen-bond acceptors (Lipinski definition) is 5. The third-order valence-corrected chi connectivity index (χ3v) is 3.47. The van der Waals surface area contributed by atoms with Gasteiger partial charge in [-0.05, 0) is 20.3 Å². The fraction of sp³-hybridized carbons (Fsp3) is 0.714. The van der Waals surface area contributed by atoms with E-state index in [0.717, 1.165) is 37.1 Å². The normalized spacial score (nSPS) is 11.1. The number of aromatic nitrogens is 1. The van der Waals surface area contributed by atoms with Crippen molar-refractivity contribution in [3.05, 3.63) is 16.1 Å². The topological polar surface area (TPSA) is 67.8 Å². The molecule has 0 aromatic carbocycles. The number of halogens is 1. The largest absolute Gasteiger partial charge is 0.382 e. The fourth-order valence-electron chi connectivity index (χ4n) is 1.59. The lowest BCUT2D eigenvalue weighted by molar-refractivity contribution is 0.0698. The molecule has 8 heteroatoms. The number of guanidine groups is 1. The minimum absolute atomic E-state index is 0. The molecule has 1 heterocycles. The molecular formula is C14H27IN4O2S. The maximum Gasteiger partial charge on any atom is 0.191 e. The van der Waals surface area contributed by atoms with E-state index >= 15 is 0 Å². The van der Waals surface area contributed by atoms with Crippen LogP contribution in [0, 0.1) is 6.92 Å². The van der Waals surface area contributed by atoms with Crippen LogP contribution in [0.25, 0.3) is 0 Å². The number of methoxy groups -OCH3 is 1. The monoisotopic (exact) mass is 442 g/mol. The Morgan fingerprint density at radius 2 is 2.14 bits per heavy atom. The van der Waals surface area contributed by atoms with Crippen LogP contribution in [0.4, 0.5) is 0 Å². The first kappa shape index (κ1) is 21.6. The number of nitrogens with one attached hydrogen (secondary N) is 2. The molecule has 0 fully saturated rings. The highest BCUT2D eigenvalue weighted by Gasteiger charge is 2.00. The molecule has 0 unspecified atom stereocenters. The highest BCUT2D eigenvalue weighted by Crippen LogP contribution is 2.11. The van der Waals surface area contributed by atoms with Gasteiger partial charge in [-0.1, -0.05) is 0 Å². The van der Waals surface area contributed by atoms with Gasteiger partial charge in [-0.15, -0.1) is 35.3 Å². The zero-order chi connectivity index (χ0) is 15.3. The summed E-state index contributed by atoms with van der Waals surface area (Å²) in [7, 11) is 1.67. The number of aliphatic imine (C=N–C) groups is 1. The molecule has 0 saturated heterocycles. The first-order chi connectivity index (χ1) is 10.3. The van der Waals surface area contributed by atoms with E-state index in [1.165, 1.54) is 4.88 Å². The Morgan fingerprint density at radius 3 is 2.77 bits per heavy atom. The predicted molar refractivity (Wildman–Crippen MR) is 102 cm³/mol. The van der Waals surface area contributed by atoms with Crippen LogP contribution in [-0.2, 0) is 16.0 Å². The van der Waals surface area contributed by atoms with Gasteiger partial charge in [0.1, 0.15) is 5.01 Å². The van der Waals surface area contributed by atoms with Gasteiger partial charge in [0, 0.05) is 37.9 Å². The summed E-state index contributed by atoms with van der Waals surface area (Å²) in [5, 5.41) is 7.55. The van der Waals surface area contributed by atoms with Crippen LogP contribution in [0.15, 0.2) is 11.2 Å². The van der Waals surface area contributed by atoms with Crippen molar-refractivity contribution in [3.63, 3.8) is 0 Å². The maximum absolute atomic E-state index is 5.41. The molecule has 1 aromatic rings. The van der Waals surface area contributed by atoms with Crippen molar-refractivity contribution in [2.75, 3.05) is 40.0 Å². The Balaban J connectivity index is 0.00000441. The Bertz CT molecular complexity index is 415. The molecular weight excluding hydrogens is 415 g/mol. The van der Waals surface area contributed by atoms with E-state index in [2.05, 4.69) is 34.5 Å². The summed E-state index contributed by atoms with van der Waals surface area (Å²) in [4.78, 5) is 10.1.